The van der Waals surface area contributed by atoms with Crippen LogP contribution >= 0.6 is 11.5 Å². The Morgan fingerprint density at radius 2 is 2.50 bits per heavy atom. The van der Waals surface area contributed by atoms with E-state index in [1.54, 1.807) is 6.92 Å². The van der Waals surface area contributed by atoms with Gasteiger partial charge in [0, 0.05) is 6.61 Å². The van der Waals surface area contributed by atoms with E-state index >= 15 is 0 Å². The Hall–Kier alpha value is -1.34. The van der Waals surface area contributed by atoms with E-state index in [9.17, 15) is 4.79 Å². The zero-order valence-corrected chi connectivity index (χ0v) is 11.3. The van der Waals surface area contributed by atoms with Gasteiger partial charge in [-0.25, -0.2) is 4.79 Å². The van der Waals surface area contributed by atoms with Crippen molar-refractivity contribution in [3.8, 4) is 0 Å². The van der Waals surface area contributed by atoms with Gasteiger partial charge in [0.1, 0.15) is 10.6 Å². The van der Waals surface area contributed by atoms with Crippen LogP contribution < -0.4 is 11.1 Å². The molecule has 1 aliphatic rings. The molecule has 2 rings (SSSR count). The minimum Gasteiger partial charge on any atom is -0.462 e. The lowest BCUT2D eigenvalue weighted by Gasteiger charge is -2.16. The second-order valence-electron chi connectivity index (χ2n) is 4.11. The lowest BCUT2D eigenvalue weighted by atomic mass is 10.1. The van der Waals surface area contributed by atoms with Crippen LogP contribution in [-0.2, 0) is 9.47 Å². The van der Waals surface area contributed by atoms with E-state index in [1.807, 2.05) is 6.92 Å². The standard InChI is InChI=1S/C11H17N3O3S/c1-3-16-11(15)8-9(12)14-18-10(8)13-7-4-5-17-6(7)2/h6-7,13H,3-5H2,1-2H3,(H2,12,14). The predicted molar refractivity (Wildman–Crippen MR) is 69.9 cm³/mol. The van der Waals surface area contributed by atoms with Gasteiger partial charge in [-0.05, 0) is 31.8 Å². The van der Waals surface area contributed by atoms with Gasteiger partial charge in [0.2, 0.25) is 0 Å². The fourth-order valence-electron chi connectivity index (χ4n) is 1.89. The molecule has 2 heterocycles. The van der Waals surface area contributed by atoms with Gasteiger partial charge in [0.15, 0.2) is 5.82 Å². The number of nitrogens with zero attached hydrogens (tertiary/aromatic N) is 1. The summed E-state index contributed by atoms with van der Waals surface area (Å²) in [5, 5.41) is 3.93. The summed E-state index contributed by atoms with van der Waals surface area (Å²) in [6, 6.07) is 0.179. The number of carbonyl (C=O) groups excluding carboxylic acids is 1. The molecule has 1 aromatic heterocycles. The summed E-state index contributed by atoms with van der Waals surface area (Å²) < 4.78 is 14.4. The van der Waals surface area contributed by atoms with Crippen LogP contribution in [-0.4, -0.2) is 35.7 Å². The fraction of sp³-hybridized carbons (Fsp3) is 0.636. The summed E-state index contributed by atoms with van der Waals surface area (Å²) in [4.78, 5) is 11.8. The maximum Gasteiger partial charge on any atom is 0.344 e. The van der Waals surface area contributed by atoms with Crippen molar-refractivity contribution in [2.24, 2.45) is 0 Å². The van der Waals surface area contributed by atoms with Crippen LogP contribution in [0.4, 0.5) is 10.8 Å². The molecule has 3 N–H and O–H groups in total. The molecule has 2 atom stereocenters. The topological polar surface area (TPSA) is 86.5 Å². The molecule has 1 aliphatic heterocycles. The number of anilines is 2. The number of nitrogen functional groups attached to an aromatic ring is 1. The Bertz CT molecular complexity index is 435. The first-order valence-corrected chi connectivity index (χ1v) is 6.71. The van der Waals surface area contributed by atoms with Gasteiger partial charge in [0.05, 0.1) is 18.8 Å². The summed E-state index contributed by atoms with van der Waals surface area (Å²) in [6.07, 6.45) is 1.02. The van der Waals surface area contributed by atoms with Gasteiger partial charge in [-0.2, -0.15) is 4.37 Å². The van der Waals surface area contributed by atoms with E-state index in [2.05, 4.69) is 9.69 Å². The molecule has 0 aromatic carbocycles. The molecule has 0 bridgehead atoms. The van der Waals surface area contributed by atoms with Crippen molar-refractivity contribution in [1.29, 1.82) is 0 Å². The zero-order valence-electron chi connectivity index (χ0n) is 10.4. The van der Waals surface area contributed by atoms with Crippen molar-refractivity contribution >= 4 is 28.3 Å². The van der Waals surface area contributed by atoms with E-state index < -0.39 is 5.97 Å². The van der Waals surface area contributed by atoms with E-state index in [0.717, 1.165) is 13.0 Å². The van der Waals surface area contributed by atoms with Crippen LogP contribution in [0, 0.1) is 0 Å². The highest BCUT2D eigenvalue weighted by Crippen LogP contribution is 2.30. The number of carbonyl (C=O) groups is 1. The van der Waals surface area contributed by atoms with Crippen molar-refractivity contribution in [3.63, 3.8) is 0 Å². The van der Waals surface area contributed by atoms with Crippen LogP contribution in [0.5, 0.6) is 0 Å². The van der Waals surface area contributed by atoms with Gasteiger partial charge < -0.3 is 20.5 Å². The molecule has 0 amide bonds. The number of aromatic nitrogens is 1. The van der Waals surface area contributed by atoms with Gasteiger partial charge in [-0.3, -0.25) is 0 Å². The number of ether oxygens (including phenoxy) is 2. The number of nitrogens with one attached hydrogen (secondary N) is 1. The van der Waals surface area contributed by atoms with Crippen molar-refractivity contribution in [1.82, 2.24) is 4.37 Å². The second-order valence-corrected chi connectivity index (χ2v) is 4.88. The SMILES string of the molecule is CCOC(=O)c1c(N)nsc1NC1CCOC1C. The Morgan fingerprint density at radius 3 is 3.11 bits per heavy atom. The van der Waals surface area contributed by atoms with Crippen molar-refractivity contribution in [2.75, 3.05) is 24.3 Å². The Labute approximate surface area is 110 Å². The molecule has 0 saturated carbocycles. The smallest absolute Gasteiger partial charge is 0.344 e. The summed E-state index contributed by atoms with van der Waals surface area (Å²) >= 11 is 1.18. The Balaban J connectivity index is 2.15. The molecule has 0 spiro atoms. The number of nitrogens with two attached hydrogens (primary N) is 1. The van der Waals surface area contributed by atoms with Crippen LogP contribution in [0.1, 0.15) is 30.6 Å². The van der Waals surface area contributed by atoms with Crippen molar-refractivity contribution in [2.45, 2.75) is 32.4 Å². The number of esters is 1. The minimum atomic E-state index is -0.433. The Kier molecular flexibility index (Phi) is 4.03. The molecule has 0 aliphatic carbocycles. The van der Waals surface area contributed by atoms with E-state index in [1.165, 1.54) is 11.5 Å². The number of hydrogen-bond donors (Lipinski definition) is 2. The first-order valence-electron chi connectivity index (χ1n) is 5.93. The summed E-state index contributed by atoms with van der Waals surface area (Å²) in [7, 11) is 0. The molecular formula is C11H17N3O3S. The van der Waals surface area contributed by atoms with Gasteiger partial charge in [-0.1, -0.05) is 0 Å². The molecule has 100 valence electrons. The van der Waals surface area contributed by atoms with Crippen LogP contribution in [0.2, 0.25) is 0 Å². The molecule has 7 heteroatoms. The highest BCUT2D eigenvalue weighted by molar-refractivity contribution is 7.11. The zero-order chi connectivity index (χ0) is 13.1. The molecule has 0 radical (unpaired) electrons. The van der Waals surface area contributed by atoms with Gasteiger partial charge in [0.25, 0.3) is 0 Å². The van der Waals surface area contributed by atoms with E-state index in [0.29, 0.717) is 17.2 Å². The van der Waals surface area contributed by atoms with Crippen LogP contribution in [0.25, 0.3) is 0 Å². The average Bonchev–Trinajstić information content (AvgIpc) is 2.88. The Morgan fingerprint density at radius 1 is 1.72 bits per heavy atom. The lowest BCUT2D eigenvalue weighted by molar-refractivity contribution is 0.0529. The molecule has 18 heavy (non-hydrogen) atoms. The minimum absolute atomic E-state index is 0.114. The van der Waals surface area contributed by atoms with Crippen LogP contribution in [0.3, 0.4) is 0 Å². The highest BCUT2D eigenvalue weighted by Gasteiger charge is 2.28. The average molecular weight is 271 g/mol. The molecule has 6 nitrogen and oxygen atoms in total. The van der Waals surface area contributed by atoms with Crippen LogP contribution in [0.15, 0.2) is 0 Å². The largest absolute Gasteiger partial charge is 0.462 e. The fourth-order valence-corrected chi connectivity index (χ4v) is 2.66. The third kappa shape index (κ3) is 2.56. The number of rotatable bonds is 4. The number of hydrogen-bond acceptors (Lipinski definition) is 7. The normalized spacial score (nSPS) is 23.0. The first kappa shape index (κ1) is 13.1. The lowest BCUT2D eigenvalue weighted by Crippen LogP contribution is -2.27. The van der Waals surface area contributed by atoms with Gasteiger partial charge >= 0.3 is 5.97 Å². The van der Waals surface area contributed by atoms with Gasteiger partial charge in [-0.15, -0.1) is 0 Å². The van der Waals surface area contributed by atoms with E-state index in [-0.39, 0.29) is 18.0 Å². The molecule has 2 unspecified atom stereocenters. The predicted octanol–water partition coefficient (Wildman–Crippen LogP) is 1.49. The summed E-state index contributed by atoms with van der Waals surface area (Å²) in [5.74, 6) is -0.217. The van der Waals surface area contributed by atoms with Crippen molar-refractivity contribution in [3.05, 3.63) is 5.56 Å². The maximum atomic E-state index is 11.8. The van der Waals surface area contributed by atoms with E-state index in [4.69, 9.17) is 15.2 Å². The third-order valence-electron chi connectivity index (χ3n) is 2.89. The first-order chi connectivity index (χ1) is 8.63. The maximum absolute atomic E-state index is 11.8. The summed E-state index contributed by atoms with van der Waals surface area (Å²) in [5.41, 5.74) is 6.04. The highest BCUT2D eigenvalue weighted by atomic mass is 32.1. The molecule has 1 saturated heterocycles. The molecule has 1 fully saturated rings. The summed E-state index contributed by atoms with van der Waals surface area (Å²) in [6.45, 7) is 4.80. The second kappa shape index (κ2) is 5.53. The quantitative estimate of drug-likeness (QED) is 0.807. The van der Waals surface area contributed by atoms with Crippen molar-refractivity contribution < 1.29 is 14.3 Å². The third-order valence-corrected chi connectivity index (χ3v) is 3.68. The molecule has 1 aromatic rings. The monoisotopic (exact) mass is 271 g/mol. The molecular weight excluding hydrogens is 254 g/mol.